The van der Waals surface area contributed by atoms with Gasteiger partial charge in [0.05, 0.1) is 36.1 Å². The number of hydrogen-bond acceptors (Lipinski definition) is 15. The Balaban J connectivity index is 0.000000188. The third-order valence-electron chi connectivity index (χ3n) is 12.1. The van der Waals surface area contributed by atoms with Gasteiger partial charge in [0.2, 0.25) is 0 Å². The molecule has 4 aromatic heterocycles. The van der Waals surface area contributed by atoms with Gasteiger partial charge in [0.15, 0.2) is 16.5 Å². The van der Waals surface area contributed by atoms with Gasteiger partial charge in [0.1, 0.15) is 37.0 Å². The topological polar surface area (TPSA) is 169 Å². The highest BCUT2D eigenvalue weighted by Gasteiger charge is 2.22. The van der Waals surface area contributed by atoms with Crippen molar-refractivity contribution >= 4 is 58.9 Å². The number of piperazine rings is 2. The number of halogens is 2. The minimum Gasteiger partial charge on any atom is -0.346 e. The molecule has 0 bridgehead atoms. The zero-order valence-electron chi connectivity index (χ0n) is 39.8. The summed E-state index contributed by atoms with van der Waals surface area (Å²) in [5.41, 5.74) is 3.87. The monoisotopic (exact) mass is 1030 g/mol. The number of anilines is 2. The van der Waals surface area contributed by atoms with Crippen molar-refractivity contribution in [2.75, 3.05) is 85.2 Å². The second-order valence-electron chi connectivity index (χ2n) is 17.2. The Hall–Kier alpha value is -4.93. The summed E-state index contributed by atoms with van der Waals surface area (Å²) in [5, 5.41) is 5.29. The van der Waals surface area contributed by atoms with E-state index in [-0.39, 0.29) is 46.7 Å². The molecule has 2 fully saturated rings. The van der Waals surface area contributed by atoms with E-state index in [9.17, 15) is 30.4 Å². The summed E-state index contributed by atoms with van der Waals surface area (Å²) in [5.74, 6) is 0.370. The number of aryl methyl sites for hydroxylation is 2. The molecule has 0 radical (unpaired) electrons. The van der Waals surface area contributed by atoms with Gasteiger partial charge in [-0.1, -0.05) is 38.1 Å². The molecule has 8 rings (SSSR count). The maximum absolute atomic E-state index is 13.2. The molecule has 15 nitrogen and oxygen atoms in total. The van der Waals surface area contributed by atoms with Crippen LogP contribution < -0.4 is 15.1 Å². The Morgan fingerprint density at radius 2 is 1.12 bits per heavy atom. The Kier molecular flexibility index (Phi) is 20.0. The van der Waals surface area contributed by atoms with Crippen LogP contribution >= 0.6 is 22.7 Å². The summed E-state index contributed by atoms with van der Waals surface area (Å²) in [7, 11) is -5.84. The molecule has 2 aromatic carbocycles. The Morgan fingerprint density at radius 3 is 1.61 bits per heavy atom. The average Bonchev–Trinajstić information content (AvgIpc) is 4.21. The van der Waals surface area contributed by atoms with Crippen molar-refractivity contribution in [1.29, 1.82) is 0 Å². The lowest BCUT2D eigenvalue weighted by Gasteiger charge is -2.34. The standard InChI is InChI=1S/C24H32FN5O2S2.C13H13FN2O.C11H19N3O2S2/c1-3-34(31,32)13-8-23-16-27-24(33-23)29-11-9-28(10-12-29)17-22-15-26-18-30(22)19(2)14-20-4-6-21(25)7-5-20;1-10(16-9-15-7-13(16)8-17)6-11-2-4-12(14)5-3-11;1-2-18(15,16)8-3-10-9-13-11(17-10)14-6-4-12-5-7-14/h4-7,15-16,18-19H,3,8-14,17H2,1-2H3;2-5,7-10H,6H2,1H3;9,12H,2-8H2,1H3/t19-;10-;/m11./s1. The van der Waals surface area contributed by atoms with Crippen LogP contribution in [0.15, 0.2) is 86.0 Å². The molecule has 2 aliphatic heterocycles. The summed E-state index contributed by atoms with van der Waals surface area (Å²) < 4.78 is 76.4. The van der Waals surface area contributed by atoms with Gasteiger partial charge in [0.25, 0.3) is 0 Å². The number of sulfone groups is 2. The summed E-state index contributed by atoms with van der Waals surface area (Å²) in [6.07, 6.45) is 14.1. The third-order valence-corrected chi connectivity index (χ3v) is 17.7. The van der Waals surface area contributed by atoms with E-state index >= 15 is 0 Å². The predicted molar refractivity (Wildman–Crippen MR) is 272 cm³/mol. The summed E-state index contributed by atoms with van der Waals surface area (Å²) in [6.45, 7) is 15.9. The molecule has 2 aliphatic rings. The van der Waals surface area contributed by atoms with Crippen LogP contribution in [0.25, 0.3) is 0 Å². The van der Waals surface area contributed by atoms with Crippen LogP contribution in [0.5, 0.6) is 0 Å². The fourth-order valence-electron chi connectivity index (χ4n) is 7.85. The van der Waals surface area contributed by atoms with Crippen LogP contribution in [0.1, 0.15) is 76.8 Å². The highest BCUT2D eigenvalue weighted by molar-refractivity contribution is 7.91. The van der Waals surface area contributed by atoms with Gasteiger partial charge >= 0.3 is 0 Å². The van der Waals surface area contributed by atoms with Crippen LogP contribution in [0.4, 0.5) is 19.0 Å². The van der Waals surface area contributed by atoms with Gasteiger partial charge in [-0.2, -0.15) is 0 Å². The highest BCUT2D eigenvalue weighted by Crippen LogP contribution is 2.26. The molecule has 0 amide bonds. The van der Waals surface area contributed by atoms with Gasteiger partial charge in [-0.05, 0) is 74.9 Å². The molecule has 2 saturated heterocycles. The number of rotatable bonds is 19. The number of aromatic nitrogens is 6. The summed E-state index contributed by atoms with van der Waals surface area (Å²) in [4.78, 5) is 37.1. The second-order valence-corrected chi connectivity index (χ2v) is 24.3. The van der Waals surface area contributed by atoms with Crippen molar-refractivity contribution in [3.63, 3.8) is 0 Å². The summed E-state index contributed by atoms with van der Waals surface area (Å²) >= 11 is 3.21. The number of nitrogens with zero attached hydrogens (tertiary/aromatic N) is 9. The van der Waals surface area contributed by atoms with E-state index in [1.807, 2.05) is 48.5 Å². The zero-order valence-corrected chi connectivity index (χ0v) is 43.1. The Morgan fingerprint density at radius 1 is 0.652 bits per heavy atom. The van der Waals surface area contributed by atoms with Crippen LogP contribution in [-0.2, 0) is 51.9 Å². The molecule has 1 N–H and O–H groups in total. The predicted octanol–water partition coefficient (Wildman–Crippen LogP) is 6.75. The van der Waals surface area contributed by atoms with Crippen LogP contribution in [0, 0.1) is 11.6 Å². The van der Waals surface area contributed by atoms with Crippen LogP contribution in [0.3, 0.4) is 0 Å². The molecule has 0 aliphatic carbocycles. The fraction of sp³-hybridized carbons (Fsp3) is 0.479. The van der Waals surface area contributed by atoms with Crippen LogP contribution in [-0.4, -0.2) is 132 Å². The van der Waals surface area contributed by atoms with Gasteiger partial charge in [0, 0.05) is 111 Å². The van der Waals surface area contributed by atoms with E-state index in [0.29, 0.717) is 18.5 Å². The molecule has 2 atom stereocenters. The Labute approximate surface area is 413 Å². The van der Waals surface area contributed by atoms with Crippen molar-refractivity contribution in [3.05, 3.63) is 130 Å². The molecule has 6 heterocycles. The molecule has 69 heavy (non-hydrogen) atoms. The average molecular weight is 1030 g/mol. The van der Waals surface area contributed by atoms with Gasteiger partial charge in [-0.15, -0.1) is 22.7 Å². The summed E-state index contributed by atoms with van der Waals surface area (Å²) in [6, 6.07) is 13.4. The van der Waals surface area contributed by atoms with E-state index in [0.717, 1.165) is 109 Å². The fourth-order valence-corrected chi connectivity index (χ4v) is 11.7. The zero-order chi connectivity index (χ0) is 49.4. The number of imidazole rings is 2. The van der Waals surface area contributed by atoms with E-state index in [1.165, 1.54) is 36.2 Å². The normalized spacial score (nSPS) is 15.4. The highest BCUT2D eigenvalue weighted by atomic mass is 32.2. The maximum Gasteiger partial charge on any atom is 0.185 e. The van der Waals surface area contributed by atoms with Crippen molar-refractivity contribution < 1.29 is 30.4 Å². The maximum atomic E-state index is 13.2. The van der Waals surface area contributed by atoms with Crippen molar-refractivity contribution in [2.45, 2.75) is 72.0 Å². The number of carbonyl (C=O) groups excluding carboxylic acids is 1. The number of aldehydes is 1. The van der Waals surface area contributed by atoms with Gasteiger partial charge < -0.3 is 24.3 Å². The number of carbonyl (C=O) groups is 1. The first kappa shape index (κ1) is 53.4. The molecule has 374 valence electrons. The largest absolute Gasteiger partial charge is 0.346 e. The van der Waals surface area contributed by atoms with E-state index in [4.69, 9.17) is 0 Å². The lowest BCUT2D eigenvalue weighted by Crippen LogP contribution is -2.46. The van der Waals surface area contributed by atoms with E-state index in [2.05, 4.69) is 51.4 Å². The SMILES string of the molecule is CCS(=O)(=O)CCc1cnc(N2CCN(Cc3cncn3[C@H](C)Cc3ccc(F)cc3)CC2)s1.CCS(=O)(=O)CCc1cnc(N2CCNCC2)s1.C[C@H](Cc1ccc(F)cc1)n1cncc1C=O. The lowest BCUT2D eigenvalue weighted by atomic mass is 10.1. The van der Waals surface area contributed by atoms with Crippen molar-refractivity contribution in [1.82, 2.24) is 39.3 Å². The number of nitrogens with one attached hydrogen (secondary N) is 1. The van der Waals surface area contributed by atoms with Crippen LogP contribution in [0.2, 0.25) is 0 Å². The molecular formula is C48H64F2N10O5S4. The smallest absolute Gasteiger partial charge is 0.185 e. The number of hydrogen-bond donors (Lipinski definition) is 1. The first-order chi connectivity index (χ1) is 33.1. The number of thiazole rings is 2. The van der Waals surface area contributed by atoms with E-state index < -0.39 is 19.7 Å². The van der Waals surface area contributed by atoms with Gasteiger partial charge in [-0.25, -0.2) is 45.6 Å². The molecule has 21 heteroatoms. The quantitative estimate of drug-likeness (QED) is 0.0848. The molecule has 0 saturated carbocycles. The first-order valence-electron chi connectivity index (χ1n) is 23.3. The first-order valence-corrected chi connectivity index (χ1v) is 28.6. The van der Waals surface area contributed by atoms with Gasteiger partial charge in [-0.3, -0.25) is 9.69 Å². The minimum absolute atomic E-state index is 0.114. The van der Waals surface area contributed by atoms with Crippen molar-refractivity contribution in [3.8, 4) is 0 Å². The molecule has 0 unspecified atom stereocenters. The minimum atomic E-state index is -2.96. The lowest BCUT2D eigenvalue weighted by molar-refractivity contribution is 0.111. The second kappa shape index (κ2) is 25.8. The third kappa shape index (κ3) is 16.6. The Bertz CT molecular complexity index is 2710. The molecular weight excluding hydrogens is 963 g/mol. The van der Waals surface area contributed by atoms with Crippen molar-refractivity contribution in [2.24, 2.45) is 0 Å². The van der Waals surface area contributed by atoms with E-state index in [1.54, 1.807) is 55.0 Å². The molecule has 0 spiro atoms. The molecule has 6 aromatic rings. The number of benzene rings is 2.